The van der Waals surface area contributed by atoms with Crippen molar-refractivity contribution in [3.63, 3.8) is 0 Å². The summed E-state index contributed by atoms with van der Waals surface area (Å²) in [5, 5.41) is 16.0. The lowest BCUT2D eigenvalue weighted by atomic mass is 10.00. The number of amides is 1. The maximum absolute atomic E-state index is 12.4. The largest absolute Gasteiger partial charge is 0.508 e. The van der Waals surface area contributed by atoms with Crippen molar-refractivity contribution in [1.82, 2.24) is 5.01 Å². The van der Waals surface area contributed by atoms with Crippen LogP contribution in [0.2, 0.25) is 0 Å². The Morgan fingerprint density at radius 2 is 2.18 bits per heavy atom. The predicted molar refractivity (Wildman–Crippen MR) is 82.5 cm³/mol. The molecule has 0 spiro atoms. The number of hydrogen-bond donors (Lipinski definition) is 1. The molecule has 0 unspecified atom stereocenters. The minimum Gasteiger partial charge on any atom is -0.508 e. The Hall–Kier alpha value is -2.56. The molecule has 2 heterocycles. The highest BCUT2D eigenvalue weighted by molar-refractivity contribution is 6.01. The van der Waals surface area contributed by atoms with E-state index in [0.717, 1.165) is 12.1 Å². The van der Waals surface area contributed by atoms with Crippen LogP contribution in [0.15, 0.2) is 52.2 Å². The number of carbonyl (C=O) groups is 1. The summed E-state index contributed by atoms with van der Waals surface area (Å²) in [6, 6.07) is 10.4. The quantitative estimate of drug-likeness (QED) is 0.940. The molecule has 1 aromatic carbocycles. The maximum atomic E-state index is 12.4. The Morgan fingerprint density at radius 3 is 2.86 bits per heavy atom. The molecule has 1 N–H and O–H groups in total. The van der Waals surface area contributed by atoms with Crippen LogP contribution in [-0.4, -0.2) is 21.7 Å². The monoisotopic (exact) mass is 298 g/mol. The molecule has 1 aromatic heterocycles. The van der Waals surface area contributed by atoms with Gasteiger partial charge in [0.15, 0.2) is 0 Å². The maximum Gasteiger partial charge on any atom is 0.243 e. The molecule has 5 heteroatoms. The van der Waals surface area contributed by atoms with Crippen molar-refractivity contribution in [2.24, 2.45) is 5.10 Å². The Labute approximate surface area is 128 Å². The predicted octanol–water partition coefficient (Wildman–Crippen LogP) is 3.46. The number of phenolic OH excluding ortho intramolecular Hbond substituents is 1. The van der Waals surface area contributed by atoms with Gasteiger partial charge < -0.3 is 9.52 Å². The van der Waals surface area contributed by atoms with Crippen molar-refractivity contribution in [2.75, 3.05) is 0 Å². The van der Waals surface area contributed by atoms with Gasteiger partial charge in [0.25, 0.3) is 0 Å². The molecule has 1 aliphatic rings. The smallest absolute Gasteiger partial charge is 0.243 e. The highest BCUT2D eigenvalue weighted by atomic mass is 16.3. The summed E-state index contributed by atoms with van der Waals surface area (Å²) >= 11 is 0. The average Bonchev–Trinajstić information content (AvgIpc) is 3.17. The lowest BCUT2D eigenvalue weighted by Crippen LogP contribution is -2.26. The van der Waals surface area contributed by atoms with Crippen molar-refractivity contribution in [2.45, 2.75) is 32.2 Å². The number of hydrogen-bond acceptors (Lipinski definition) is 4. The van der Waals surface area contributed by atoms with Crippen molar-refractivity contribution < 1.29 is 14.3 Å². The first-order valence-corrected chi connectivity index (χ1v) is 7.42. The molecule has 0 saturated heterocycles. The van der Waals surface area contributed by atoms with Crippen LogP contribution in [-0.2, 0) is 4.79 Å². The minimum atomic E-state index is -0.291. The molecule has 0 aliphatic carbocycles. The summed E-state index contributed by atoms with van der Waals surface area (Å²) in [5.74, 6) is 0.794. The van der Waals surface area contributed by atoms with E-state index in [4.69, 9.17) is 4.42 Å². The number of hydrazone groups is 1. The Balaban J connectivity index is 1.95. The summed E-state index contributed by atoms with van der Waals surface area (Å²) < 4.78 is 5.39. The highest BCUT2D eigenvalue weighted by Crippen LogP contribution is 2.37. The number of furan rings is 1. The summed E-state index contributed by atoms with van der Waals surface area (Å²) in [6.45, 7) is 1.96. The second kappa shape index (κ2) is 6.05. The fourth-order valence-electron chi connectivity index (χ4n) is 2.67. The van der Waals surface area contributed by atoms with Gasteiger partial charge in [0, 0.05) is 18.4 Å². The third-order valence-electron chi connectivity index (χ3n) is 3.73. The number of aromatic hydroxyl groups is 1. The van der Waals surface area contributed by atoms with Gasteiger partial charge in [-0.2, -0.15) is 5.10 Å². The molecule has 0 bridgehead atoms. The van der Waals surface area contributed by atoms with Crippen LogP contribution in [0.4, 0.5) is 0 Å². The minimum absolute atomic E-state index is 0.0442. The van der Waals surface area contributed by atoms with E-state index >= 15 is 0 Å². The van der Waals surface area contributed by atoms with Crippen molar-refractivity contribution in [3.8, 4) is 5.75 Å². The summed E-state index contributed by atoms with van der Waals surface area (Å²) in [6.07, 6.45) is 3.30. The molecule has 0 radical (unpaired) electrons. The van der Waals surface area contributed by atoms with Crippen LogP contribution < -0.4 is 0 Å². The van der Waals surface area contributed by atoms with E-state index in [0.29, 0.717) is 24.2 Å². The van der Waals surface area contributed by atoms with Crippen LogP contribution >= 0.6 is 0 Å². The fraction of sp³-hybridized carbons (Fsp3) is 0.294. The van der Waals surface area contributed by atoms with Crippen LogP contribution in [0.5, 0.6) is 5.75 Å². The van der Waals surface area contributed by atoms with Crippen LogP contribution in [0.1, 0.15) is 43.6 Å². The first-order valence-electron chi connectivity index (χ1n) is 7.42. The van der Waals surface area contributed by atoms with E-state index in [-0.39, 0.29) is 17.7 Å². The molecule has 1 aliphatic heterocycles. The number of rotatable bonds is 4. The molecule has 22 heavy (non-hydrogen) atoms. The van der Waals surface area contributed by atoms with Crippen molar-refractivity contribution in [3.05, 3.63) is 54.0 Å². The molecule has 114 valence electrons. The molecule has 0 fully saturated rings. The number of carbonyl (C=O) groups excluding carboxylic acids is 1. The average molecular weight is 298 g/mol. The molecule has 1 amide bonds. The van der Waals surface area contributed by atoms with Gasteiger partial charge in [0.1, 0.15) is 17.2 Å². The Bertz CT molecular complexity index is 692. The summed E-state index contributed by atoms with van der Waals surface area (Å²) in [4.78, 5) is 12.4. The topological polar surface area (TPSA) is 66.0 Å². The van der Waals surface area contributed by atoms with Gasteiger partial charge in [-0.1, -0.05) is 25.1 Å². The van der Waals surface area contributed by atoms with E-state index < -0.39 is 0 Å². The summed E-state index contributed by atoms with van der Waals surface area (Å²) in [7, 11) is 0. The zero-order chi connectivity index (χ0) is 15.5. The highest BCUT2D eigenvalue weighted by Gasteiger charge is 2.34. The number of phenols is 1. The SMILES string of the molecule is CCCC(=O)N1N=C(c2ccco2)C[C@@H]1c1ccccc1O. The van der Waals surface area contributed by atoms with E-state index in [2.05, 4.69) is 5.10 Å². The lowest BCUT2D eigenvalue weighted by Gasteiger charge is -2.22. The first kappa shape index (κ1) is 14.4. The summed E-state index contributed by atoms with van der Waals surface area (Å²) in [5.41, 5.74) is 1.43. The molecule has 5 nitrogen and oxygen atoms in total. The molecular weight excluding hydrogens is 280 g/mol. The van der Waals surface area contributed by atoms with Gasteiger partial charge in [0.05, 0.1) is 12.3 Å². The van der Waals surface area contributed by atoms with E-state index in [1.807, 2.05) is 25.1 Å². The zero-order valence-corrected chi connectivity index (χ0v) is 12.4. The molecule has 1 atom stereocenters. The van der Waals surface area contributed by atoms with E-state index in [1.54, 1.807) is 24.5 Å². The van der Waals surface area contributed by atoms with Gasteiger partial charge in [-0.3, -0.25) is 4.79 Å². The second-order valence-electron chi connectivity index (χ2n) is 5.29. The van der Waals surface area contributed by atoms with Gasteiger partial charge >= 0.3 is 0 Å². The molecule has 2 aromatic rings. The molecule has 3 rings (SSSR count). The zero-order valence-electron chi connectivity index (χ0n) is 12.4. The normalized spacial score (nSPS) is 17.6. The first-order chi connectivity index (χ1) is 10.7. The Kier molecular flexibility index (Phi) is 3.96. The van der Waals surface area contributed by atoms with E-state index in [1.165, 1.54) is 5.01 Å². The van der Waals surface area contributed by atoms with Gasteiger partial charge in [-0.25, -0.2) is 5.01 Å². The van der Waals surface area contributed by atoms with Gasteiger partial charge in [-0.05, 0) is 24.6 Å². The fourth-order valence-corrected chi connectivity index (χ4v) is 2.67. The molecule has 0 saturated carbocycles. The van der Waals surface area contributed by atoms with Gasteiger partial charge in [0.2, 0.25) is 5.91 Å². The lowest BCUT2D eigenvalue weighted by molar-refractivity contribution is -0.133. The van der Waals surface area contributed by atoms with Crippen LogP contribution in [0.3, 0.4) is 0 Å². The third-order valence-corrected chi connectivity index (χ3v) is 3.73. The number of para-hydroxylation sites is 1. The second-order valence-corrected chi connectivity index (χ2v) is 5.29. The van der Waals surface area contributed by atoms with Crippen molar-refractivity contribution in [1.29, 1.82) is 0 Å². The standard InChI is InChI=1S/C17H18N2O3/c1-2-6-17(21)19-14(12-7-3-4-8-15(12)20)11-13(18-19)16-9-5-10-22-16/h3-5,7-10,14,20H,2,6,11H2,1H3/t14-/m1/s1. The van der Waals surface area contributed by atoms with E-state index in [9.17, 15) is 9.90 Å². The number of nitrogens with zero attached hydrogens (tertiary/aromatic N) is 2. The number of benzene rings is 1. The molecular formula is C17H18N2O3. The van der Waals surface area contributed by atoms with Crippen LogP contribution in [0.25, 0.3) is 0 Å². The van der Waals surface area contributed by atoms with Crippen LogP contribution in [0, 0.1) is 0 Å². The van der Waals surface area contributed by atoms with Crippen molar-refractivity contribution >= 4 is 11.6 Å². The van der Waals surface area contributed by atoms with Gasteiger partial charge in [-0.15, -0.1) is 0 Å². The third kappa shape index (κ3) is 2.62. The Morgan fingerprint density at radius 1 is 1.36 bits per heavy atom.